The highest BCUT2D eigenvalue weighted by molar-refractivity contribution is 5.87. The average molecular weight is 281 g/mol. The van der Waals surface area contributed by atoms with Crippen LogP contribution in [0.3, 0.4) is 0 Å². The van der Waals surface area contributed by atoms with Crippen molar-refractivity contribution in [3.63, 3.8) is 0 Å². The van der Waals surface area contributed by atoms with Gasteiger partial charge in [-0.25, -0.2) is 0 Å². The normalized spacial score (nSPS) is 19.9. The molecular weight excluding hydrogens is 263 g/mol. The molecule has 0 unspecified atom stereocenters. The Balaban J connectivity index is 2.34. The van der Waals surface area contributed by atoms with E-state index in [2.05, 4.69) is 5.32 Å². The lowest BCUT2D eigenvalue weighted by atomic mass is 10.0. The first-order valence-corrected chi connectivity index (χ1v) is 6.11. The second kappa shape index (κ2) is 6.74. The molecule has 1 heterocycles. The van der Waals surface area contributed by atoms with Crippen molar-refractivity contribution in [3.8, 4) is 0 Å². The summed E-state index contributed by atoms with van der Waals surface area (Å²) in [4.78, 5) is 24.3. The van der Waals surface area contributed by atoms with Crippen LogP contribution in [0, 0.1) is 0 Å². The highest BCUT2D eigenvalue weighted by Gasteiger charge is 2.29. The Kier molecular flexibility index (Phi) is 5.59. The van der Waals surface area contributed by atoms with Crippen LogP contribution in [0.2, 0.25) is 0 Å². The lowest BCUT2D eigenvalue weighted by Gasteiger charge is -2.27. The molecule has 0 aliphatic carbocycles. The number of likely N-dealkylation sites (N-methyl/N-ethyl adjacent to an activating group) is 1. The van der Waals surface area contributed by atoms with Gasteiger partial charge in [-0.15, -0.1) is 0 Å². The van der Waals surface area contributed by atoms with Gasteiger partial charge >= 0.3 is 6.18 Å². The lowest BCUT2D eigenvalue weighted by molar-refractivity contribution is -0.142. The zero-order chi connectivity index (χ0) is 14.5. The molecule has 2 N–H and O–H groups in total. The number of carbonyl (C=O) groups is 2. The number of carbonyl (C=O) groups excluding carboxylic acids is 2. The lowest BCUT2D eigenvalue weighted by Crippen LogP contribution is -2.50. The molecule has 8 heteroatoms. The number of nitrogens with zero attached hydrogens (tertiary/aromatic N) is 1. The molecule has 0 bridgehead atoms. The van der Waals surface area contributed by atoms with E-state index in [9.17, 15) is 22.8 Å². The van der Waals surface area contributed by atoms with Crippen LogP contribution in [0.1, 0.15) is 19.3 Å². The van der Waals surface area contributed by atoms with Crippen molar-refractivity contribution in [2.24, 2.45) is 0 Å². The molecule has 0 radical (unpaired) electrons. The van der Waals surface area contributed by atoms with Crippen molar-refractivity contribution in [2.45, 2.75) is 31.5 Å². The smallest absolute Gasteiger partial charge is 0.345 e. The third kappa shape index (κ3) is 5.91. The molecule has 0 saturated carbocycles. The molecule has 110 valence electrons. The molecule has 1 atom stereocenters. The second-order valence-corrected chi connectivity index (χ2v) is 4.59. The molecule has 5 nitrogen and oxygen atoms in total. The van der Waals surface area contributed by atoms with Crippen LogP contribution in [0.15, 0.2) is 0 Å². The molecule has 1 aliphatic heterocycles. The number of nitrogens with one attached hydrogen (secondary N) is 2. The van der Waals surface area contributed by atoms with Crippen molar-refractivity contribution in [1.82, 2.24) is 15.5 Å². The first-order chi connectivity index (χ1) is 8.79. The standard InChI is InChI=1S/C11H18F3N3O2/c1-17(6-9(18)16-7-11(12,13)14)10(19)8-4-2-3-5-15-8/h8,15H,2-7H2,1H3,(H,16,18)/t8-/m0/s1. The van der Waals surface area contributed by atoms with Crippen molar-refractivity contribution in [1.29, 1.82) is 0 Å². The third-order valence-corrected chi connectivity index (χ3v) is 2.85. The van der Waals surface area contributed by atoms with Crippen LogP contribution >= 0.6 is 0 Å². The summed E-state index contributed by atoms with van der Waals surface area (Å²) in [5.74, 6) is -1.08. The summed E-state index contributed by atoms with van der Waals surface area (Å²) < 4.78 is 35.7. The number of hydrogen-bond acceptors (Lipinski definition) is 3. The molecule has 1 fully saturated rings. The summed E-state index contributed by atoms with van der Waals surface area (Å²) in [6, 6.07) is -0.339. The fourth-order valence-corrected chi connectivity index (χ4v) is 1.88. The van der Waals surface area contributed by atoms with Crippen molar-refractivity contribution in [2.75, 3.05) is 26.7 Å². The average Bonchev–Trinajstić information content (AvgIpc) is 2.35. The molecule has 1 aliphatic rings. The first kappa shape index (κ1) is 15.7. The van der Waals surface area contributed by atoms with Gasteiger partial charge in [0.15, 0.2) is 0 Å². The van der Waals surface area contributed by atoms with Gasteiger partial charge in [-0.3, -0.25) is 9.59 Å². The second-order valence-electron chi connectivity index (χ2n) is 4.59. The zero-order valence-corrected chi connectivity index (χ0v) is 10.7. The Morgan fingerprint density at radius 2 is 2.05 bits per heavy atom. The van der Waals surface area contributed by atoms with E-state index >= 15 is 0 Å². The molecule has 1 rings (SSSR count). The number of alkyl halides is 3. The predicted molar refractivity (Wildman–Crippen MR) is 62.3 cm³/mol. The van der Waals surface area contributed by atoms with Gasteiger partial charge in [0.2, 0.25) is 11.8 Å². The van der Waals surface area contributed by atoms with Gasteiger partial charge in [-0.2, -0.15) is 13.2 Å². The fraction of sp³-hybridized carbons (Fsp3) is 0.818. The number of rotatable bonds is 4. The predicted octanol–water partition coefficient (Wildman–Crippen LogP) is 0.265. The summed E-state index contributed by atoms with van der Waals surface area (Å²) in [7, 11) is 1.41. The highest BCUT2D eigenvalue weighted by atomic mass is 19.4. The summed E-state index contributed by atoms with van der Waals surface area (Å²) in [5, 5.41) is 4.76. The van der Waals surface area contributed by atoms with Gasteiger partial charge in [0, 0.05) is 7.05 Å². The van der Waals surface area contributed by atoms with Gasteiger partial charge < -0.3 is 15.5 Å². The Morgan fingerprint density at radius 1 is 1.37 bits per heavy atom. The minimum Gasteiger partial charge on any atom is -0.345 e. The fourth-order valence-electron chi connectivity index (χ4n) is 1.88. The minimum absolute atomic E-state index is 0.262. The van der Waals surface area contributed by atoms with Crippen molar-refractivity contribution in [3.05, 3.63) is 0 Å². The Labute approximate surface area is 109 Å². The Hall–Kier alpha value is -1.31. The van der Waals surface area contributed by atoms with Crippen LogP contribution in [-0.2, 0) is 9.59 Å². The van der Waals surface area contributed by atoms with Crippen LogP contribution in [0.4, 0.5) is 13.2 Å². The quantitative estimate of drug-likeness (QED) is 0.777. The molecule has 0 aromatic rings. The number of hydrogen-bond donors (Lipinski definition) is 2. The van der Waals surface area contributed by atoms with Gasteiger partial charge in [0.1, 0.15) is 6.54 Å². The summed E-state index contributed by atoms with van der Waals surface area (Å²) in [6.45, 7) is -1.01. The molecule has 0 spiro atoms. The zero-order valence-electron chi connectivity index (χ0n) is 10.7. The van der Waals surface area contributed by atoms with Gasteiger partial charge in [-0.1, -0.05) is 6.42 Å². The maximum Gasteiger partial charge on any atom is 0.405 e. The van der Waals surface area contributed by atoms with Gasteiger partial charge in [0.05, 0.1) is 12.6 Å². The summed E-state index contributed by atoms with van der Waals surface area (Å²) in [6.07, 6.45) is -1.83. The number of amides is 2. The van der Waals surface area contributed by atoms with E-state index in [0.717, 1.165) is 24.3 Å². The van der Waals surface area contributed by atoms with E-state index < -0.39 is 18.6 Å². The molecule has 1 saturated heterocycles. The van der Waals surface area contributed by atoms with E-state index in [4.69, 9.17) is 0 Å². The largest absolute Gasteiger partial charge is 0.405 e. The van der Waals surface area contributed by atoms with E-state index in [-0.39, 0.29) is 18.5 Å². The Morgan fingerprint density at radius 3 is 2.58 bits per heavy atom. The summed E-state index contributed by atoms with van der Waals surface area (Å²) >= 11 is 0. The van der Waals surface area contributed by atoms with Crippen molar-refractivity contribution < 1.29 is 22.8 Å². The molecule has 2 amide bonds. The molecule has 19 heavy (non-hydrogen) atoms. The van der Waals surface area contributed by atoms with Crippen LogP contribution in [-0.4, -0.2) is 55.6 Å². The Bertz CT molecular complexity index is 328. The topological polar surface area (TPSA) is 61.4 Å². The van der Waals surface area contributed by atoms with Crippen LogP contribution < -0.4 is 10.6 Å². The molecule has 0 aromatic heterocycles. The number of halogens is 3. The molecular formula is C11H18F3N3O2. The van der Waals surface area contributed by atoms with Gasteiger partial charge in [-0.05, 0) is 19.4 Å². The van der Waals surface area contributed by atoms with Crippen molar-refractivity contribution >= 4 is 11.8 Å². The maximum atomic E-state index is 11.9. The third-order valence-electron chi connectivity index (χ3n) is 2.85. The van der Waals surface area contributed by atoms with E-state index in [1.807, 2.05) is 0 Å². The SMILES string of the molecule is CN(CC(=O)NCC(F)(F)F)C(=O)[C@@H]1CCCCN1. The van der Waals surface area contributed by atoms with Crippen LogP contribution in [0.5, 0.6) is 0 Å². The summed E-state index contributed by atoms with van der Waals surface area (Å²) in [5.41, 5.74) is 0. The van der Waals surface area contributed by atoms with Crippen LogP contribution in [0.25, 0.3) is 0 Å². The molecule has 0 aromatic carbocycles. The van der Waals surface area contributed by atoms with E-state index in [1.54, 1.807) is 5.32 Å². The first-order valence-electron chi connectivity index (χ1n) is 6.11. The number of piperidine rings is 1. The van der Waals surface area contributed by atoms with E-state index in [0.29, 0.717) is 6.42 Å². The minimum atomic E-state index is -4.44. The van der Waals surface area contributed by atoms with E-state index in [1.165, 1.54) is 7.05 Å². The monoisotopic (exact) mass is 281 g/mol. The highest BCUT2D eigenvalue weighted by Crippen LogP contribution is 2.12. The van der Waals surface area contributed by atoms with Gasteiger partial charge in [0.25, 0.3) is 0 Å². The maximum absolute atomic E-state index is 11.9.